The summed E-state index contributed by atoms with van der Waals surface area (Å²) in [5, 5.41) is 14.4. The number of halogens is 4. The Hall–Kier alpha value is -2.81. The molecule has 2 atom stereocenters. The molecule has 0 aliphatic carbocycles. The quantitative estimate of drug-likeness (QED) is 0.385. The molecule has 1 aromatic heterocycles. The van der Waals surface area contributed by atoms with E-state index in [2.05, 4.69) is 26.2 Å². The predicted octanol–water partition coefficient (Wildman–Crippen LogP) is 3.54. The van der Waals surface area contributed by atoms with Crippen LogP contribution in [0.5, 0.6) is 0 Å². The van der Waals surface area contributed by atoms with Crippen molar-refractivity contribution in [2.24, 2.45) is 10.9 Å². The third-order valence-corrected chi connectivity index (χ3v) is 7.81. The van der Waals surface area contributed by atoms with E-state index in [0.29, 0.717) is 26.6 Å². The molecule has 0 spiro atoms. The zero-order chi connectivity index (χ0) is 28.3. The van der Waals surface area contributed by atoms with Gasteiger partial charge in [-0.25, -0.2) is 22.9 Å². The van der Waals surface area contributed by atoms with Crippen molar-refractivity contribution < 1.29 is 32.6 Å². The molecule has 1 aromatic carbocycles. The number of thiazole rings is 1. The molecule has 14 heteroatoms. The normalized spacial score (nSPS) is 21.2. The van der Waals surface area contributed by atoms with Gasteiger partial charge in [-0.05, 0) is 31.7 Å². The molecular weight excluding hydrogens is 603 g/mol. The van der Waals surface area contributed by atoms with Gasteiger partial charge in [-0.2, -0.15) is 0 Å². The molecular formula is C25H27BrF3N5O4S. The molecule has 2 N–H and O–H groups in total. The number of aromatic nitrogens is 1. The Bertz CT molecular complexity index is 1290. The highest BCUT2D eigenvalue weighted by Crippen LogP contribution is 2.39. The van der Waals surface area contributed by atoms with Crippen LogP contribution < -0.4 is 5.32 Å². The number of carboxylic acid groups (broad SMARTS) is 1. The molecule has 1 saturated heterocycles. The average Bonchev–Trinajstić information content (AvgIpc) is 3.46. The van der Waals surface area contributed by atoms with E-state index < -0.39 is 42.2 Å². The number of esters is 1. The number of likely N-dealkylation sites (N-methyl/N-ethyl adjacent to an activating group) is 1. The highest BCUT2D eigenvalue weighted by atomic mass is 79.9. The fourth-order valence-corrected chi connectivity index (χ4v) is 5.87. The van der Waals surface area contributed by atoms with Gasteiger partial charge in [-0.3, -0.25) is 19.6 Å². The lowest BCUT2D eigenvalue weighted by Crippen LogP contribution is -2.39. The Balaban J connectivity index is 1.71. The molecule has 39 heavy (non-hydrogen) atoms. The summed E-state index contributed by atoms with van der Waals surface area (Å²) in [5.74, 6) is -6.09. The molecule has 4 rings (SSSR count). The number of nitrogens with zero attached hydrogens (tertiary/aromatic N) is 4. The van der Waals surface area contributed by atoms with Gasteiger partial charge in [0.15, 0.2) is 10.8 Å². The number of benzene rings is 1. The SMILES string of the molecule is CCOC(=O)C1=C(CN2CC(CN(C)CC(=O)O)C(F)(F)C2)NC(c2nccs2)=N[C@H]1c1ccc(F)cc1Br. The molecule has 3 heterocycles. The largest absolute Gasteiger partial charge is 0.480 e. The lowest BCUT2D eigenvalue weighted by atomic mass is 9.95. The third kappa shape index (κ3) is 6.86. The Kier molecular flexibility index (Phi) is 9.09. The maximum absolute atomic E-state index is 15.0. The first-order chi connectivity index (χ1) is 18.5. The number of likely N-dealkylation sites (tertiary alicyclic amines) is 1. The second-order valence-electron chi connectivity index (χ2n) is 9.34. The minimum Gasteiger partial charge on any atom is -0.480 e. The van der Waals surface area contributed by atoms with Gasteiger partial charge in [-0.15, -0.1) is 11.3 Å². The van der Waals surface area contributed by atoms with Crippen LogP contribution in [0.2, 0.25) is 0 Å². The molecule has 0 amide bonds. The van der Waals surface area contributed by atoms with Crippen LogP contribution in [0.25, 0.3) is 0 Å². The van der Waals surface area contributed by atoms with Gasteiger partial charge in [-0.1, -0.05) is 22.0 Å². The van der Waals surface area contributed by atoms with Crippen LogP contribution in [0.15, 0.2) is 50.5 Å². The van der Waals surface area contributed by atoms with Crippen molar-refractivity contribution in [1.29, 1.82) is 0 Å². The maximum atomic E-state index is 15.0. The number of rotatable bonds is 10. The summed E-state index contributed by atoms with van der Waals surface area (Å²) < 4.78 is 49.6. The van der Waals surface area contributed by atoms with Crippen molar-refractivity contribution in [2.75, 3.05) is 46.4 Å². The van der Waals surface area contributed by atoms with E-state index in [0.717, 1.165) is 0 Å². The number of amidine groups is 1. The standard InChI is InChI=1S/C25H27BrF3N5O4S/c1-3-38-24(37)20-18(11-34-10-14(25(28,29)13-34)9-33(2)12-19(35)36)31-22(23-30-6-7-39-23)32-21(20)16-5-4-15(27)8-17(16)26/h4-8,14,21H,3,9-13H2,1-2H3,(H,31,32)(H,35,36)/t14?,21-/m0/s1. The molecule has 0 saturated carbocycles. The van der Waals surface area contributed by atoms with Crippen molar-refractivity contribution in [3.05, 3.63) is 61.9 Å². The van der Waals surface area contributed by atoms with Crippen LogP contribution in [0.3, 0.4) is 0 Å². The lowest BCUT2D eigenvalue weighted by Gasteiger charge is -2.29. The number of alkyl halides is 2. The van der Waals surface area contributed by atoms with E-state index in [1.807, 2.05) is 0 Å². The minimum atomic E-state index is -3.07. The van der Waals surface area contributed by atoms with Gasteiger partial charge >= 0.3 is 11.9 Å². The second-order valence-corrected chi connectivity index (χ2v) is 11.1. The first-order valence-electron chi connectivity index (χ1n) is 12.1. The number of carbonyl (C=O) groups is 2. The summed E-state index contributed by atoms with van der Waals surface area (Å²) >= 11 is 4.67. The molecule has 2 aromatic rings. The number of aliphatic imine (C=N–C) groups is 1. The Morgan fingerprint density at radius 1 is 1.38 bits per heavy atom. The van der Waals surface area contributed by atoms with Crippen LogP contribution in [0.4, 0.5) is 13.2 Å². The smallest absolute Gasteiger partial charge is 0.338 e. The molecule has 2 aliphatic rings. The van der Waals surface area contributed by atoms with Gasteiger partial charge in [0.1, 0.15) is 11.9 Å². The number of carbonyl (C=O) groups excluding carboxylic acids is 1. The maximum Gasteiger partial charge on any atom is 0.338 e. The number of aliphatic carboxylic acids is 1. The van der Waals surface area contributed by atoms with Crippen LogP contribution in [0, 0.1) is 11.7 Å². The Morgan fingerprint density at radius 3 is 2.79 bits per heavy atom. The predicted molar refractivity (Wildman–Crippen MR) is 142 cm³/mol. The first-order valence-corrected chi connectivity index (χ1v) is 13.8. The van der Waals surface area contributed by atoms with E-state index >= 15 is 8.78 Å². The van der Waals surface area contributed by atoms with E-state index in [1.54, 1.807) is 18.5 Å². The van der Waals surface area contributed by atoms with E-state index in [1.165, 1.54) is 46.4 Å². The fourth-order valence-electron chi connectivity index (χ4n) is 4.71. The fraction of sp³-hybridized carbons (Fsp3) is 0.440. The summed E-state index contributed by atoms with van der Waals surface area (Å²) in [6.45, 7) is 0.624. The van der Waals surface area contributed by atoms with Crippen LogP contribution in [0.1, 0.15) is 23.5 Å². The van der Waals surface area contributed by atoms with Gasteiger partial charge in [0.25, 0.3) is 5.92 Å². The molecule has 9 nitrogen and oxygen atoms in total. The number of hydrogen-bond donors (Lipinski definition) is 2. The molecule has 1 fully saturated rings. The van der Waals surface area contributed by atoms with E-state index in [-0.39, 0.29) is 38.4 Å². The Morgan fingerprint density at radius 2 is 2.15 bits per heavy atom. The van der Waals surface area contributed by atoms with Gasteiger partial charge < -0.3 is 15.2 Å². The monoisotopic (exact) mass is 629 g/mol. The molecule has 1 unspecified atom stereocenters. The summed E-state index contributed by atoms with van der Waals surface area (Å²) in [7, 11) is 1.48. The number of hydrogen-bond acceptors (Lipinski definition) is 9. The molecule has 0 bridgehead atoms. The van der Waals surface area contributed by atoms with Crippen molar-refractivity contribution in [3.63, 3.8) is 0 Å². The summed E-state index contributed by atoms with van der Waals surface area (Å²) in [6.07, 6.45) is 1.59. The summed E-state index contributed by atoms with van der Waals surface area (Å²) in [4.78, 5) is 36.1. The van der Waals surface area contributed by atoms with Crippen LogP contribution in [-0.2, 0) is 14.3 Å². The van der Waals surface area contributed by atoms with Gasteiger partial charge in [0.2, 0.25) is 0 Å². The summed E-state index contributed by atoms with van der Waals surface area (Å²) in [5.41, 5.74) is 0.942. The van der Waals surface area contributed by atoms with Gasteiger partial charge in [0, 0.05) is 47.3 Å². The number of carboxylic acids is 1. The highest BCUT2D eigenvalue weighted by Gasteiger charge is 2.49. The van der Waals surface area contributed by atoms with E-state index in [4.69, 9.17) is 14.8 Å². The second kappa shape index (κ2) is 12.1. The topological polar surface area (TPSA) is 107 Å². The lowest BCUT2D eigenvalue weighted by molar-refractivity contribution is -0.139. The molecule has 0 radical (unpaired) electrons. The van der Waals surface area contributed by atoms with Gasteiger partial charge in [0.05, 0.1) is 25.3 Å². The minimum absolute atomic E-state index is 0.0210. The van der Waals surface area contributed by atoms with Crippen LogP contribution >= 0.6 is 27.3 Å². The highest BCUT2D eigenvalue weighted by molar-refractivity contribution is 9.10. The van der Waals surface area contributed by atoms with E-state index in [9.17, 15) is 14.0 Å². The van der Waals surface area contributed by atoms with Crippen molar-refractivity contribution >= 4 is 45.0 Å². The number of ether oxygens (including phenoxy) is 1. The molecule has 210 valence electrons. The average molecular weight is 630 g/mol. The summed E-state index contributed by atoms with van der Waals surface area (Å²) in [6, 6.07) is 3.10. The number of nitrogens with one attached hydrogen (secondary N) is 1. The first kappa shape index (κ1) is 29.2. The Labute approximate surface area is 235 Å². The third-order valence-electron chi connectivity index (χ3n) is 6.34. The zero-order valence-corrected chi connectivity index (χ0v) is 23.6. The van der Waals surface area contributed by atoms with Crippen molar-refractivity contribution in [3.8, 4) is 0 Å². The van der Waals surface area contributed by atoms with Crippen molar-refractivity contribution in [2.45, 2.75) is 18.9 Å². The zero-order valence-electron chi connectivity index (χ0n) is 21.2. The van der Waals surface area contributed by atoms with Crippen molar-refractivity contribution in [1.82, 2.24) is 20.1 Å². The molecule has 2 aliphatic heterocycles. The van der Waals surface area contributed by atoms with Crippen LogP contribution in [-0.4, -0.2) is 90.0 Å².